The van der Waals surface area contributed by atoms with Crippen LogP contribution in [0.4, 0.5) is 24.7 Å². The molecule has 3 rings (SSSR count). The van der Waals surface area contributed by atoms with Gasteiger partial charge in [0.15, 0.2) is 0 Å². The highest BCUT2D eigenvalue weighted by Crippen LogP contribution is 2.32. The molecule has 0 bridgehead atoms. The van der Waals surface area contributed by atoms with Crippen LogP contribution in [0, 0.1) is 0 Å². The number of alkyl halides is 3. The standard InChI is InChI=1S/C16H10F3N3O3/c17-16(18,19)15-21-11-4-2-1-3-9(11)13(22-15)20-8-5-6-10(14(24)25)12(23)7-8/h1-7,23H,(H,24,25)(H,20,21,22). The molecule has 3 aromatic rings. The second-order valence-corrected chi connectivity index (χ2v) is 5.07. The third-order valence-corrected chi connectivity index (χ3v) is 3.35. The lowest BCUT2D eigenvalue weighted by atomic mass is 10.1. The number of carboxylic acids is 1. The molecule has 0 saturated heterocycles. The van der Waals surface area contributed by atoms with Crippen molar-refractivity contribution in [2.75, 3.05) is 5.32 Å². The summed E-state index contributed by atoms with van der Waals surface area (Å²) in [7, 11) is 0. The number of carbonyl (C=O) groups is 1. The first-order valence-corrected chi connectivity index (χ1v) is 6.93. The van der Waals surface area contributed by atoms with Gasteiger partial charge in [0.25, 0.3) is 0 Å². The Labute approximate surface area is 138 Å². The summed E-state index contributed by atoms with van der Waals surface area (Å²) in [5.74, 6) is -3.26. The van der Waals surface area contributed by atoms with Crippen LogP contribution < -0.4 is 5.32 Å². The van der Waals surface area contributed by atoms with E-state index < -0.39 is 23.7 Å². The van der Waals surface area contributed by atoms with E-state index in [1.165, 1.54) is 12.1 Å². The van der Waals surface area contributed by atoms with E-state index in [0.29, 0.717) is 5.39 Å². The number of aromatic hydroxyl groups is 1. The molecule has 0 fully saturated rings. The van der Waals surface area contributed by atoms with E-state index in [4.69, 9.17) is 5.11 Å². The number of nitrogens with one attached hydrogen (secondary N) is 1. The Bertz CT molecular complexity index is 974. The highest BCUT2D eigenvalue weighted by atomic mass is 19.4. The predicted octanol–water partition coefficient (Wildman–Crippen LogP) is 3.80. The Morgan fingerprint density at radius 1 is 1.08 bits per heavy atom. The monoisotopic (exact) mass is 349 g/mol. The summed E-state index contributed by atoms with van der Waals surface area (Å²) in [6, 6.07) is 9.67. The molecule has 128 valence electrons. The average Bonchev–Trinajstić information content (AvgIpc) is 2.53. The maximum absolute atomic E-state index is 13.0. The fraction of sp³-hybridized carbons (Fsp3) is 0.0625. The smallest absolute Gasteiger partial charge is 0.451 e. The largest absolute Gasteiger partial charge is 0.507 e. The molecule has 0 spiro atoms. The number of para-hydroxylation sites is 1. The molecule has 0 aliphatic rings. The van der Waals surface area contributed by atoms with Gasteiger partial charge in [-0.15, -0.1) is 0 Å². The minimum absolute atomic E-state index is 0.0960. The van der Waals surface area contributed by atoms with Gasteiger partial charge in [-0.3, -0.25) is 0 Å². The maximum atomic E-state index is 13.0. The lowest BCUT2D eigenvalue weighted by Gasteiger charge is -2.13. The zero-order valence-corrected chi connectivity index (χ0v) is 12.4. The molecular formula is C16H10F3N3O3. The minimum atomic E-state index is -4.73. The molecule has 0 aliphatic carbocycles. The Hall–Kier alpha value is -3.36. The second-order valence-electron chi connectivity index (χ2n) is 5.07. The summed E-state index contributed by atoms with van der Waals surface area (Å²) in [5, 5.41) is 21.6. The van der Waals surface area contributed by atoms with E-state index in [1.807, 2.05) is 0 Å². The Morgan fingerprint density at radius 2 is 1.80 bits per heavy atom. The zero-order valence-electron chi connectivity index (χ0n) is 12.4. The van der Waals surface area contributed by atoms with Crippen molar-refractivity contribution in [2.24, 2.45) is 0 Å². The number of halogens is 3. The van der Waals surface area contributed by atoms with E-state index in [1.54, 1.807) is 18.2 Å². The van der Waals surface area contributed by atoms with Gasteiger partial charge in [0.2, 0.25) is 5.82 Å². The third-order valence-electron chi connectivity index (χ3n) is 3.35. The highest BCUT2D eigenvalue weighted by molar-refractivity contribution is 5.93. The average molecular weight is 349 g/mol. The number of phenols is 1. The third kappa shape index (κ3) is 3.30. The minimum Gasteiger partial charge on any atom is -0.507 e. The number of hydrogen-bond acceptors (Lipinski definition) is 5. The topological polar surface area (TPSA) is 95.3 Å². The van der Waals surface area contributed by atoms with Crippen molar-refractivity contribution < 1.29 is 28.2 Å². The first-order chi connectivity index (χ1) is 11.8. The number of fused-ring (bicyclic) bond motifs is 1. The van der Waals surface area contributed by atoms with Crippen molar-refractivity contribution in [1.29, 1.82) is 0 Å². The summed E-state index contributed by atoms with van der Waals surface area (Å²) in [6.07, 6.45) is -4.73. The summed E-state index contributed by atoms with van der Waals surface area (Å²) in [4.78, 5) is 17.9. The van der Waals surface area contributed by atoms with E-state index in [2.05, 4.69) is 15.3 Å². The van der Waals surface area contributed by atoms with Crippen LogP contribution in [0.25, 0.3) is 10.9 Å². The fourth-order valence-corrected chi connectivity index (χ4v) is 2.23. The molecule has 2 aromatic carbocycles. The first-order valence-electron chi connectivity index (χ1n) is 6.93. The van der Waals surface area contributed by atoms with Crippen LogP contribution in [0.1, 0.15) is 16.2 Å². The number of nitrogens with zero attached hydrogens (tertiary/aromatic N) is 2. The number of aromatic carboxylic acids is 1. The summed E-state index contributed by atoms with van der Waals surface area (Å²) in [5.41, 5.74) is -0.0488. The molecule has 9 heteroatoms. The molecule has 1 heterocycles. The quantitative estimate of drug-likeness (QED) is 0.666. The number of benzene rings is 2. The maximum Gasteiger partial charge on any atom is 0.451 e. The van der Waals surface area contributed by atoms with Gasteiger partial charge >= 0.3 is 12.1 Å². The Kier molecular flexibility index (Phi) is 3.91. The second kappa shape index (κ2) is 5.93. The molecule has 3 N–H and O–H groups in total. The van der Waals surface area contributed by atoms with Gasteiger partial charge in [0.05, 0.1) is 5.52 Å². The van der Waals surface area contributed by atoms with Gasteiger partial charge in [0.1, 0.15) is 17.1 Å². The number of aromatic nitrogens is 2. The summed E-state index contributed by atoms with van der Waals surface area (Å²) < 4.78 is 38.9. The van der Waals surface area contributed by atoms with Crippen LogP contribution in [0.5, 0.6) is 5.75 Å². The predicted molar refractivity (Wildman–Crippen MR) is 82.9 cm³/mol. The van der Waals surface area contributed by atoms with Crippen molar-refractivity contribution in [3.05, 3.63) is 53.9 Å². The lowest BCUT2D eigenvalue weighted by Crippen LogP contribution is -2.12. The fourth-order valence-electron chi connectivity index (χ4n) is 2.23. The molecule has 0 radical (unpaired) electrons. The van der Waals surface area contributed by atoms with Crippen molar-refractivity contribution in [3.63, 3.8) is 0 Å². The van der Waals surface area contributed by atoms with Crippen molar-refractivity contribution in [3.8, 4) is 5.75 Å². The Morgan fingerprint density at radius 3 is 2.44 bits per heavy atom. The van der Waals surface area contributed by atoms with Gasteiger partial charge in [-0.05, 0) is 24.3 Å². The molecule has 0 unspecified atom stereocenters. The molecule has 1 aromatic heterocycles. The van der Waals surface area contributed by atoms with E-state index >= 15 is 0 Å². The number of carboxylic acid groups (broad SMARTS) is 1. The lowest BCUT2D eigenvalue weighted by molar-refractivity contribution is -0.144. The van der Waals surface area contributed by atoms with Crippen LogP contribution in [-0.2, 0) is 6.18 Å². The van der Waals surface area contributed by atoms with Gasteiger partial charge in [-0.2, -0.15) is 13.2 Å². The SMILES string of the molecule is O=C(O)c1ccc(Nc2nc(C(F)(F)F)nc3ccccc23)cc1O. The molecular weight excluding hydrogens is 339 g/mol. The van der Waals surface area contributed by atoms with Gasteiger partial charge in [0, 0.05) is 17.1 Å². The number of anilines is 2. The molecule has 0 amide bonds. The van der Waals surface area contributed by atoms with E-state index in [9.17, 15) is 23.1 Å². The molecule has 0 atom stereocenters. The van der Waals surface area contributed by atoms with Gasteiger partial charge in [-0.1, -0.05) is 12.1 Å². The van der Waals surface area contributed by atoms with Crippen molar-refractivity contribution in [2.45, 2.75) is 6.18 Å². The zero-order chi connectivity index (χ0) is 18.2. The van der Waals surface area contributed by atoms with Crippen molar-refractivity contribution >= 4 is 28.4 Å². The normalized spacial score (nSPS) is 11.5. The van der Waals surface area contributed by atoms with Crippen LogP contribution in [-0.4, -0.2) is 26.2 Å². The van der Waals surface area contributed by atoms with E-state index in [0.717, 1.165) is 12.1 Å². The van der Waals surface area contributed by atoms with Crippen LogP contribution in [0.3, 0.4) is 0 Å². The highest BCUT2D eigenvalue weighted by Gasteiger charge is 2.35. The van der Waals surface area contributed by atoms with Gasteiger partial charge < -0.3 is 15.5 Å². The summed E-state index contributed by atoms with van der Waals surface area (Å²) >= 11 is 0. The van der Waals surface area contributed by atoms with Gasteiger partial charge in [-0.25, -0.2) is 14.8 Å². The van der Waals surface area contributed by atoms with Crippen LogP contribution in [0.15, 0.2) is 42.5 Å². The van der Waals surface area contributed by atoms with E-state index in [-0.39, 0.29) is 22.6 Å². The Balaban J connectivity index is 2.09. The molecule has 25 heavy (non-hydrogen) atoms. The van der Waals surface area contributed by atoms with Crippen molar-refractivity contribution in [1.82, 2.24) is 9.97 Å². The van der Waals surface area contributed by atoms with Crippen LogP contribution >= 0.6 is 0 Å². The first kappa shape index (κ1) is 16.5. The van der Waals surface area contributed by atoms with Crippen LogP contribution in [0.2, 0.25) is 0 Å². The molecule has 0 saturated carbocycles. The molecule has 0 aliphatic heterocycles. The summed E-state index contributed by atoms with van der Waals surface area (Å²) in [6.45, 7) is 0. The number of rotatable bonds is 3. The number of hydrogen-bond donors (Lipinski definition) is 3. The molecule has 6 nitrogen and oxygen atoms in total.